The smallest absolute Gasteiger partial charge is 0.416 e. The highest BCUT2D eigenvalue weighted by atomic mass is 32.1. The minimum Gasteiger partial charge on any atom is -0.595 e. The molecule has 0 aromatic carbocycles. The number of aryl methyl sites for hydroxylation is 1. The van der Waals surface area contributed by atoms with Gasteiger partial charge in [-0.2, -0.15) is 0 Å². The summed E-state index contributed by atoms with van der Waals surface area (Å²) >= 11 is 1.02. The van der Waals surface area contributed by atoms with Crippen LogP contribution in [0.25, 0.3) is 0 Å². The Hall–Kier alpha value is -2.36. The van der Waals surface area contributed by atoms with E-state index in [0.29, 0.717) is 10.6 Å². The van der Waals surface area contributed by atoms with Gasteiger partial charge in [0.1, 0.15) is 16.6 Å². The Morgan fingerprint density at radius 3 is 2.23 bits per heavy atom. The van der Waals surface area contributed by atoms with Gasteiger partial charge in [-0.15, -0.1) is 0 Å². The summed E-state index contributed by atoms with van der Waals surface area (Å²) in [4.78, 5) is 34.9. The third kappa shape index (κ3) is 8.17. The van der Waals surface area contributed by atoms with Crippen LogP contribution in [0.3, 0.4) is 0 Å². The van der Waals surface area contributed by atoms with E-state index < -0.39 is 35.4 Å². The lowest BCUT2D eigenvalue weighted by Gasteiger charge is -2.31. The topological polar surface area (TPSA) is 113 Å². The Labute approximate surface area is 182 Å². The van der Waals surface area contributed by atoms with Crippen molar-refractivity contribution in [3.63, 3.8) is 0 Å². The second-order valence-electron chi connectivity index (χ2n) is 8.65. The SMILES string of the molecule is CCOC(=O)c1sc(N(C(=O)OC(C)(C)C)[C@@H](C)CN=C([O-])OC(C)(C)C)nc1C. The maximum Gasteiger partial charge on any atom is 0.416 e. The number of hydrogen-bond donors (Lipinski definition) is 0. The fraction of sp³-hybridized carbons (Fsp3) is 0.700. The number of amides is 1. The van der Waals surface area contributed by atoms with Gasteiger partial charge in [0, 0.05) is 5.60 Å². The average Bonchev–Trinajstić information content (AvgIpc) is 2.91. The molecule has 0 spiro atoms. The summed E-state index contributed by atoms with van der Waals surface area (Å²) in [5.74, 6) is -0.506. The molecule has 9 nitrogen and oxygen atoms in total. The number of esters is 1. The molecule has 1 amide bonds. The summed E-state index contributed by atoms with van der Waals surface area (Å²) < 4.78 is 15.7. The summed E-state index contributed by atoms with van der Waals surface area (Å²) in [6.07, 6.45) is -1.38. The lowest BCUT2D eigenvalue weighted by atomic mass is 10.2. The van der Waals surface area contributed by atoms with Crippen molar-refractivity contribution in [2.24, 2.45) is 4.99 Å². The van der Waals surface area contributed by atoms with Crippen molar-refractivity contribution in [3.05, 3.63) is 10.6 Å². The molecule has 30 heavy (non-hydrogen) atoms. The van der Waals surface area contributed by atoms with Crippen LogP contribution < -0.4 is 10.0 Å². The predicted molar refractivity (Wildman–Crippen MR) is 114 cm³/mol. The van der Waals surface area contributed by atoms with Gasteiger partial charge in [-0.1, -0.05) is 32.1 Å². The first-order valence-electron chi connectivity index (χ1n) is 9.72. The van der Waals surface area contributed by atoms with Crippen LogP contribution in [0, 0.1) is 6.92 Å². The molecule has 1 heterocycles. The Bertz CT molecular complexity index is 776. The first-order chi connectivity index (χ1) is 13.6. The lowest BCUT2D eigenvalue weighted by molar-refractivity contribution is -0.260. The number of thiazole rings is 1. The van der Waals surface area contributed by atoms with E-state index in [1.807, 2.05) is 0 Å². The van der Waals surface area contributed by atoms with Crippen molar-refractivity contribution in [2.75, 3.05) is 18.1 Å². The van der Waals surface area contributed by atoms with Crippen LogP contribution in [0.1, 0.15) is 70.8 Å². The van der Waals surface area contributed by atoms with E-state index in [4.69, 9.17) is 14.2 Å². The van der Waals surface area contributed by atoms with E-state index in [9.17, 15) is 14.7 Å². The number of ether oxygens (including phenoxy) is 3. The Morgan fingerprint density at radius 2 is 1.73 bits per heavy atom. The molecule has 1 aromatic heterocycles. The molecule has 0 aliphatic heterocycles. The van der Waals surface area contributed by atoms with Crippen molar-refractivity contribution in [2.45, 2.75) is 79.6 Å². The van der Waals surface area contributed by atoms with Crippen LogP contribution in [-0.4, -0.2) is 53.5 Å². The van der Waals surface area contributed by atoms with E-state index in [1.54, 1.807) is 62.3 Å². The zero-order valence-electron chi connectivity index (χ0n) is 19.2. The van der Waals surface area contributed by atoms with Crippen molar-refractivity contribution in [1.82, 2.24) is 4.98 Å². The van der Waals surface area contributed by atoms with Gasteiger partial charge in [0.15, 0.2) is 5.13 Å². The van der Waals surface area contributed by atoms with Crippen LogP contribution >= 0.6 is 11.3 Å². The summed E-state index contributed by atoms with van der Waals surface area (Å²) in [7, 11) is 0. The van der Waals surface area contributed by atoms with Gasteiger partial charge < -0.3 is 19.3 Å². The minimum atomic E-state index is -0.742. The highest BCUT2D eigenvalue weighted by molar-refractivity contribution is 7.17. The van der Waals surface area contributed by atoms with E-state index in [1.165, 1.54) is 4.90 Å². The first-order valence-corrected chi connectivity index (χ1v) is 10.5. The monoisotopic (exact) mass is 442 g/mol. The molecule has 0 bridgehead atoms. The standard InChI is InChI=1S/C20H33N3O6S/c1-10-27-15(24)14-13(3)22-16(30-14)23(18(26)29-20(7,8)9)12(2)11-21-17(25)28-19(4,5)6/h12H,10-11H2,1-9H3,(H,21,25)/p-1/t12-/m0/s1. The molecule has 1 aromatic rings. The second-order valence-corrected chi connectivity index (χ2v) is 9.63. The third-order valence-corrected chi connectivity index (χ3v) is 4.50. The number of aliphatic imine (C=N–C) groups is 1. The van der Waals surface area contributed by atoms with E-state index >= 15 is 0 Å². The van der Waals surface area contributed by atoms with Gasteiger partial charge in [-0.3, -0.25) is 4.99 Å². The summed E-state index contributed by atoms with van der Waals surface area (Å²) in [5, 5.41) is 12.2. The zero-order chi connectivity index (χ0) is 23.3. The van der Waals surface area contributed by atoms with Crippen LogP contribution in [0.5, 0.6) is 0 Å². The van der Waals surface area contributed by atoms with Crippen molar-refractivity contribution in [3.8, 4) is 0 Å². The molecule has 10 heteroatoms. The summed E-state index contributed by atoms with van der Waals surface area (Å²) in [6, 6.07) is -0.576. The zero-order valence-corrected chi connectivity index (χ0v) is 20.0. The molecule has 0 unspecified atom stereocenters. The van der Waals surface area contributed by atoms with Crippen LogP contribution in [0.4, 0.5) is 9.93 Å². The molecule has 0 radical (unpaired) electrons. The van der Waals surface area contributed by atoms with Crippen LogP contribution in [-0.2, 0) is 14.2 Å². The molecular weight excluding hydrogens is 410 g/mol. The fourth-order valence-electron chi connectivity index (χ4n) is 2.21. The molecule has 0 fully saturated rings. The highest BCUT2D eigenvalue weighted by Crippen LogP contribution is 2.29. The lowest BCUT2D eigenvalue weighted by Crippen LogP contribution is -2.44. The Kier molecular flexibility index (Phi) is 8.64. The van der Waals surface area contributed by atoms with Gasteiger partial charge in [-0.05, 0) is 41.5 Å². The molecule has 0 N–H and O–H groups in total. The van der Waals surface area contributed by atoms with Gasteiger partial charge in [0.25, 0.3) is 0 Å². The fourth-order valence-corrected chi connectivity index (χ4v) is 3.27. The first kappa shape index (κ1) is 25.7. The van der Waals surface area contributed by atoms with Gasteiger partial charge >= 0.3 is 12.1 Å². The predicted octanol–water partition coefficient (Wildman–Crippen LogP) is 3.29. The highest BCUT2D eigenvalue weighted by Gasteiger charge is 2.31. The summed E-state index contributed by atoms with van der Waals surface area (Å²) in [6.45, 7) is 15.7. The Balaban J connectivity index is 3.21. The maximum absolute atomic E-state index is 12.9. The van der Waals surface area contributed by atoms with Crippen molar-refractivity contribution >= 4 is 34.6 Å². The average molecular weight is 443 g/mol. The molecule has 170 valence electrons. The number of nitrogens with zero attached hydrogens (tertiary/aromatic N) is 3. The molecule has 0 aliphatic rings. The molecule has 1 atom stereocenters. The largest absolute Gasteiger partial charge is 0.595 e. The quantitative estimate of drug-likeness (QED) is 0.377. The van der Waals surface area contributed by atoms with Crippen molar-refractivity contribution in [1.29, 1.82) is 0 Å². The minimum absolute atomic E-state index is 0.0263. The molecule has 0 aliphatic carbocycles. The summed E-state index contributed by atoms with van der Waals surface area (Å²) in [5.41, 5.74) is -0.971. The number of hydrogen-bond acceptors (Lipinski definition) is 9. The molecule has 0 saturated heterocycles. The Morgan fingerprint density at radius 1 is 1.17 bits per heavy atom. The number of carbonyl (C=O) groups is 2. The van der Waals surface area contributed by atoms with E-state index in [0.717, 1.165) is 11.3 Å². The number of anilines is 1. The normalized spacial score (nSPS) is 13.6. The molecular formula is C20H32N3O6S-. The molecule has 1 rings (SSSR count). The van der Waals surface area contributed by atoms with Crippen molar-refractivity contribution < 1.29 is 28.9 Å². The van der Waals surface area contributed by atoms with Gasteiger partial charge in [0.05, 0.1) is 24.9 Å². The van der Waals surface area contributed by atoms with Gasteiger partial charge in [-0.25, -0.2) is 19.5 Å². The maximum atomic E-state index is 12.9. The van der Waals surface area contributed by atoms with E-state index in [2.05, 4.69) is 9.98 Å². The van der Waals surface area contributed by atoms with Crippen LogP contribution in [0.15, 0.2) is 4.99 Å². The number of aromatic nitrogens is 1. The van der Waals surface area contributed by atoms with E-state index in [-0.39, 0.29) is 18.3 Å². The number of carbonyl (C=O) groups excluding carboxylic acids is 2. The third-order valence-electron chi connectivity index (χ3n) is 3.36. The molecule has 0 saturated carbocycles. The second kappa shape index (κ2) is 10.1. The van der Waals surface area contributed by atoms with Crippen LogP contribution in [0.2, 0.25) is 0 Å². The van der Waals surface area contributed by atoms with Gasteiger partial charge in [0.2, 0.25) is 0 Å². The number of rotatable bonds is 6.